The highest BCUT2D eigenvalue weighted by atomic mass is 32.1. The van der Waals surface area contributed by atoms with Crippen molar-refractivity contribution in [3.63, 3.8) is 0 Å². The Bertz CT molecular complexity index is 817. The Kier molecular flexibility index (Phi) is 5.08. The molecule has 1 aromatic carbocycles. The molecule has 5 nitrogen and oxygen atoms in total. The van der Waals surface area contributed by atoms with Gasteiger partial charge in [0.15, 0.2) is 0 Å². The van der Waals surface area contributed by atoms with E-state index in [1.54, 1.807) is 11.3 Å². The van der Waals surface area contributed by atoms with Crippen LogP contribution in [0, 0.1) is 0 Å². The third kappa shape index (κ3) is 3.40. The van der Waals surface area contributed by atoms with Gasteiger partial charge in [-0.15, -0.1) is 11.3 Å². The lowest BCUT2D eigenvalue weighted by molar-refractivity contribution is 0.304. The Morgan fingerprint density at radius 3 is 2.50 bits per heavy atom. The summed E-state index contributed by atoms with van der Waals surface area (Å²) in [5.41, 5.74) is 2.30. The summed E-state index contributed by atoms with van der Waals surface area (Å²) in [6, 6.07) is 10.3. The minimum atomic E-state index is 0.0931. The zero-order chi connectivity index (χ0) is 17.1. The fourth-order valence-corrected chi connectivity index (χ4v) is 3.64. The highest BCUT2D eigenvalue weighted by molar-refractivity contribution is 7.17. The van der Waals surface area contributed by atoms with Gasteiger partial charge in [0.1, 0.15) is 16.5 Å². The summed E-state index contributed by atoms with van der Waals surface area (Å²) in [6.45, 7) is 1.32. The number of hydrogen-bond acceptors (Lipinski definition) is 6. The molecule has 0 aliphatic carbocycles. The molecular weight excluding hydrogens is 320 g/mol. The molecule has 0 bridgehead atoms. The lowest BCUT2D eigenvalue weighted by Gasteiger charge is -2.20. The molecule has 0 spiro atoms. The molecule has 3 rings (SSSR count). The number of thiophene rings is 1. The molecule has 0 unspecified atom stereocenters. The molecule has 0 amide bonds. The highest BCUT2D eigenvalue weighted by Gasteiger charge is 2.18. The van der Waals surface area contributed by atoms with E-state index in [2.05, 4.69) is 22.4 Å². The maximum Gasteiger partial charge on any atom is 0.146 e. The second kappa shape index (κ2) is 7.25. The van der Waals surface area contributed by atoms with Crippen LogP contribution in [-0.2, 0) is 6.54 Å². The number of fused-ring (bicyclic) bond motifs is 1. The van der Waals surface area contributed by atoms with Crippen molar-refractivity contribution >= 4 is 27.4 Å². The van der Waals surface area contributed by atoms with Gasteiger partial charge in [0.25, 0.3) is 0 Å². The lowest BCUT2D eigenvalue weighted by Crippen LogP contribution is -2.24. The Labute approximate surface area is 146 Å². The van der Waals surface area contributed by atoms with E-state index in [9.17, 15) is 5.11 Å². The van der Waals surface area contributed by atoms with Crippen molar-refractivity contribution < 1.29 is 5.11 Å². The average Bonchev–Trinajstić information content (AvgIpc) is 2.98. The number of rotatable bonds is 6. The molecule has 126 valence electrons. The van der Waals surface area contributed by atoms with Gasteiger partial charge in [-0.25, -0.2) is 9.97 Å². The summed E-state index contributed by atoms with van der Waals surface area (Å²) >= 11 is 1.64. The van der Waals surface area contributed by atoms with E-state index in [-0.39, 0.29) is 6.61 Å². The van der Waals surface area contributed by atoms with Gasteiger partial charge in [-0.3, -0.25) is 0 Å². The van der Waals surface area contributed by atoms with Gasteiger partial charge >= 0.3 is 0 Å². The van der Waals surface area contributed by atoms with Crippen LogP contribution in [0.1, 0.15) is 5.82 Å². The number of aromatic nitrogens is 2. The van der Waals surface area contributed by atoms with Gasteiger partial charge < -0.3 is 14.9 Å². The van der Waals surface area contributed by atoms with Gasteiger partial charge in [0, 0.05) is 24.5 Å². The molecule has 0 saturated carbocycles. The molecule has 3 aromatic rings. The van der Waals surface area contributed by atoms with E-state index in [1.807, 2.05) is 44.2 Å². The highest BCUT2D eigenvalue weighted by Crippen LogP contribution is 2.38. The van der Waals surface area contributed by atoms with Crippen LogP contribution < -0.4 is 4.90 Å². The van der Waals surface area contributed by atoms with Crippen LogP contribution in [0.15, 0.2) is 35.7 Å². The minimum absolute atomic E-state index is 0.0931. The predicted octanol–water partition coefficient (Wildman–Crippen LogP) is 2.85. The molecule has 2 heterocycles. The van der Waals surface area contributed by atoms with E-state index in [4.69, 9.17) is 9.97 Å². The minimum Gasteiger partial charge on any atom is -0.395 e. The summed E-state index contributed by atoms with van der Waals surface area (Å²) in [5.74, 6) is 1.68. The Hall–Kier alpha value is -2.02. The van der Waals surface area contributed by atoms with Crippen molar-refractivity contribution in [2.24, 2.45) is 0 Å². The van der Waals surface area contributed by atoms with Gasteiger partial charge in [-0.05, 0) is 19.7 Å². The fraction of sp³-hybridized carbons (Fsp3) is 0.333. The Balaban J connectivity index is 2.19. The molecule has 0 aliphatic rings. The summed E-state index contributed by atoms with van der Waals surface area (Å²) in [5, 5.41) is 12.5. The number of anilines is 1. The van der Waals surface area contributed by atoms with Crippen molar-refractivity contribution in [3.8, 4) is 11.1 Å². The maximum atomic E-state index is 9.33. The normalized spacial score (nSPS) is 11.4. The van der Waals surface area contributed by atoms with Gasteiger partial charge in [0.05, 0.1) is 18.5 Å². The predicted molar refractivity (Wildman–Crippen MR) is 101 cm³/mol. The van der Waals surface area contributed by atoms with Crippen LogP contribution >= 0.6 is 11.3 Å². The number of hydrogen-bond donors (Lipinski definition) is 1. The van der Waals surface area contributed by atoms with Crippen molar-refractivity contribution in [1.29, 1.82) is 0 Å². The lowest BCUT2D eigenvalue weighted by atomic mass is 10.1. The van der Waals surface area contributed by atoms with E-state index < -0.39 is 0 Å². The first kappa shape index (κ1) is 16.8. The monoisotopic (exact) mass is 342 g/mol. The van der Waals surface area contributed by atoms with Crippen molar-refractivity contribution in [3.05, 3.63) is 41.5 Å². The van der Waals surface area contributed by atoms with Crippen molar-refractivity contribution in [2.75, 3.05) is 39.2 Å². The number of aliphatic hydroxyl groups is 1. The summed E-state index contributed by atoms with van der Waals surface area (Å²) in [6.07, 6.45) is 0. The SMILES string of the molecule is CN(C)Cc1nc(N(C)CCO)c2c(-c3ccccc3)csc2n1. The van der Waals surface area contributed by atoms with Crippen LogP contribution in [0.3, 0.4) is 0 Å². The first-order chi connectivity index (χ1) is 11.6. The van der Waals surface area contributed by atoms with Crippen LogP contribution in [-0.4, -0.2) is 54.3 Å². The maximum absolute atomic E-state index is 9.33. The zero-order valence-corrected chi connectivity index (χ0v) is 15.0. The molecule has 0 aliphatic heterocycles. The molecule has 0 radical (unpaired) electrons. The quantitative estimate of drug-likeness (QED) is 0.746. The fourth-order valence-electron chi connectivity index (χ4n) is 2.68. The topological polar surface area (TPSA) is 52.5 Å². The molecule has 0 saturated heterocycles. The Morgan fingerprint density at radius 2 is 1.83 bits per heavy atom. The third-order valence-corrected chi connectivity index (χ3v) is 4.67. The average molecular weight is 342 g/mol. The number of benzene rings is 1. The molecule has 6 heteroatoms. The van der Waals surface area contributed by atoms with Crippen molar-refractivity contribution in [2.45, 2.75) is 6.54 Å². The van der Waals surface area contributed by atoms with E-state index in [0.717, 1.165) is 33.0 Å². The molecular formula is C18H22N4OS. The molecule has 1 N–H and O–H groups in total. The summed E-state index contributed by atoms with van der Waals surface area (Å²) in [4.78, 5) is 14.6. The Morgan fingerprint density at radius 1 is 1.08 bits per heavy atom. The van der Waals surface area contributed by atoms with Gasteiger partial charge in [-0.2, -0.15) is 0 Å². The summed E-state index contributed by atoms with van der Waals surface area (Å²) in [7, 11) is 5.98. The van der Waals surface area contributed by atoms with Crippen LogP contribution in [0.2, 0.25) is 0 Å². The smallest absolute Gasteiger partial charge is 0.146 e. The van der Waals surface area contributed by atoms with Crippen LogP contribution in [0.5, 0.6) is 0 Å². The van der Waals surface area contributed by atoms with Gasteiger partial charge in [-0.1, -0.05) is 30.3 Å². The van der Waals surface area contributed by atoms with Crippen LogP contribution in [0.25, 0.3) is 21.3 Å². The first-order valence-electron chi connectivity index (χ1n) is 7.90. The zero-order valence-electron chi connectivity index (χ0n) is 14.2. The molecule has 0 atom stereocenters. The van der Waals surface area contributed by atoms with E-state index in [0.29, 0.717) is 13.1 Å². The number of aliphatic hydroxyl groups excluding tert-OH is 1. The number of likely N-dealkylation sites (N-methyl/N-ethyl adjacent to an activating group) is 1. The standard InChI is InChI=1S/C18H22N4OS/c1-21(2)11-15-19-17(22(3)9-10-23)16-14(12-24-18(16)20-15)13-7-5-4-6-8-13/h4-8,12,23H,9-11H2,1-3H3. The van der Waals surface area contributed by atoms with Crippen molar-refractivity contribution in [1.82, 2.24) is 14.9 Å². The second-order valence-electron chi connectivity index (χ2n) is 6.04. The van der Waals surface area contributed by atoms with Crippen LogP contribution in [0.4, 0.5) is 5.82 Å². The first-order valence-corrected chi connectivity index (χ1v) is 8.78. The van der Waals surface area contributed by atoms with Gasteiger partial charge in [0.2, 0.25) is 0 Å². The number of nitrogens with zero attached hydrogens (tertiary/aromatic N) is 4. The van der Waals surface area contributed by atoms with E-state index >= 15 is 0 Å². The third-order valence-electron chi connectivity index (χ3n) is 3.80. The largest absolute Gasteiger partial charge is 0.395 e. The molecule has 0 fully saturated rings. The second-order valence-corrected chi connectivity index (χ2v) is 6.90. The molecule has 24 heavy (non-hydrogen) atoms. The van der Waals surface area contributed by atoms with E-state index in [1.165, 1.54) is 0 Å². The summed E-state index contributed by atoms with van der Waals surface area (Å²) < 4.78 is 0. The molecule has 2 aromatic heterocycles.